The fraction of sp³-hybridized carbons (Fsp3) is 0.296. The van der Waals surface area contributed by atoms with E-state index in [1.165, 1.54) is 0 Å². The Morgan fingerprint density at radius 3 is 2.53 bits per heavy atom. The van der Waals surface area contributed by atoms with Gasteiger partial charge in [0.05, 0.1) is 7.11 Å². The van der Waals surface area contributed by atoms with Crippen LogP contribution in [0.2, 0.25) is 0 Å². The molecule has 2 aliphatic heterocycles. The molecule has 2 aliphatic rings. The van der Waals surface area contributed by atoms with Gasteiger partial charge in [-0.25, -0.2) is 4.98 Å². The molecule has 2 N–H and O–H groups in total. The van der Waals surface area contributed by atoms with Gasteiger partial charge in [0.1, 0.15) is 24.8 Å². The summed E-state index contributed by atoms with van der Waals surface area (Å²) in [6.07, 6.45) is 3.02. The maximum Gasteiger partial charge on any atom is 0.255 e. The van der Waals surface area contributed by atoms with Crippen LogP contribution in [-0.2, 0) is 4.79 Å². The monoisotopic (exact) mass is 488 g/mol. The third-order valence-corrected chi connectivity index (χ3v) is 6.33. The van der Waals surface area contributed by atoms with Crippen molar-refractivity contribution in [2.24, 2.45) is 5.92 Å². The topological polar surface area (TPSA) is 102 Å². The van der Waals surface area contributed by atoms with Gasteiger partial charge in [0.15, 0.2) is 11.5 Å². The van der Waals surface area contributed by atoms with E-state index < -0.39 is 0 Å². The smallest absolute Gasteiger partial charge is 0.255 e. The van der Waals surface area contributed by atoms with E-state index in [0.29, 0.717) is 73.3 Å². The number of pyridine rings is 1. The van der Waals surface area contributed by atoms with Crippen molar-refractivity contribution < 1.29 is 23.8 Å². The van der Waals surface area contributed by atoms with Crippen LogP contribution in [0.5, 0.6) is 17.2 Å². The maximum absolute atomic E-state index is 12.9. The van der Waals surface area contributed by atoms with Crippen molar-refractivity contribution in [3.63, 3.8) is 0 Å². The van der Waals surface area contributed by atoms with Crippen LogP contribution in [0.3, 0.4) is 0 Å². The van der Waals surface area contributed by atoms with E-state index in [-0.39, 0.29) is 17.7 Å². The SMILES string of the molecule is COc1cccc(NC(=O)c2ccnc(N3CCC(C(=O)Nc4ccc5c(c4)OCCO5)CC3)c2)c1. The molecule has 1 saturated heterocycles. The first kappa shape index (κ1) is 23.5. The molecule has 5 rings (SSSR count). The van der Waals surface area contributed by atoms with Crippen LogP contribution in [0, 0.1) is 5.92 Å². The third kappa shape index (κ3) is 5.35. The van der Waals surface area contributed by atoms with Crippen LogP contribution in [0.1, 0.15) is 23.2 Å². The zero-order valence-electron chi connectivity index (χ0n) is 20.0. The van der Waals surface area contributed by atoms with Crippen molar-refractivity contribution in [3.8, 4) is 17.2 Å². The summed E-state index contributed by atoms with van der Waals surface area (Å²) in [4.78, 5) is 32.2. The van der Waals surface area contributed by atoms with Crippen LogP contribution >= 0.6 is 0 Å². The Kier molecular flexibility index (Phi) is 6.88. The number of anilines is 3. The summed E-state index contributed by atoms with van der Waals surface area (Å²) in [7, 11) is 1.58. The van der Waals surface area contributed by atoms with Gasteiger partial charge in [0.2, 0.25) is 5.91 Å². The Morgan fingerprint density at radius 2 is 1.72 bits per heavy atom. The van der Waals surface area contributed by atoms with Gasteiger partial charge in [-0.1, -0.05) is 6.07 Å². The number of nitrogens with one attached hydrogen (secondary N) is 2. The number of hydrogen-bond donors (Lipinski definition) is 2. The molecule has 9 heteroatoms. The van der Waals surface area contributed by atoms with E-state index >= 15 is 0 Å². The second kappa shape index (κ2) is 10.6. The number of rotatable bonds is 6. The van der Waals surface area contributed by atoms with Crippen molar-refractivity contribution in [1.29, 1.82) is 0 Å². The molecule has 36 heavy (non-hydrogen) atoms. The molecule has 0 aliphatic carbocycles. The number of piperidine rings is 1. The molecule has 0 atom stereocenters. The number of carbonyl (C=O) groups excluding carboxylic acids is 2. The highest BCUT2D eigenvalue weighted by molar-refractivity contribution is 6.04. The van der Waals surface area contributed by atoms with Gasteiger partial charge in [-0.05, 0) is 49.2 Å². The second-order valence-electron chi connectivity index (χ2n) is 8.70. The molecule has 3 heterocycles. The van der Waals surface area contributed by atoms with Crippen LogP contribution in [-0.4, -0.2) is 50.2 Å². The van der Waals surface area contributed by atoms with Gasteiger partial charge < -0.3 is 29.7 Å². The lowest BCUT2D eigenvalue weighted by Crippen LogP contribution is -2.38. The lowest BCUT2D eigenvalue weighted by atomic mass is 9.95. The number of carbonyl (C=O) groups is 2. The van der Waals surface area contributed by atoms with Crippen LogP contribution in [0.4, 0.5) is 17.2 Å². The summed E-state index contributed by atoms with van der Waals surface area (Å²) in [5.41, 5.74) is 1.87. The molecule has 0 saturated carbocycles. The van der Waals surface area contributed by atoms with Crippen molar-refractivity contribution >= 4 is 29.0 Å². The molecule has 1 aromatic heterocycles. The number of nitrogens with zero attached hydrogens (tertiary/aromatic N) is 2. The summed E-state index contributed by atoms with van der Waals surface area (Å²) in [5, 5.41) is 5.89. The van der Waals surface area contributed by atoms with Crippen LogP contribution in [0.15, 0.2) is 60.8 Å². The molecule has 2 aromatic carbocycles. The highest BCUT2D eigenvalue weighted by atomic mass is 16.6. The summed E-state index contributed by atoms with van der Waals surface area (Å²) < 4.78 is 16.4. The largest absolute Gasteiger partial charge is 0.497 e. The summed E-state index contributed by atoms with van der Waals surface area (Å²) in [5.74, 6) is 2.40. The fourth-order valence-electron chi connectivity index (χ4n) is 4.37. The first-order chi connectivity index (χ1) is 17.6. The second-order valence-corrected chi connectivity index (χ2v) is 8.70. The molecular formula is C27H28N4O5. The third-order valence-electron chi connectivity index (χ3n) is 6.33. The van der Waals surface area contributed by atoms with Crippen molar-refractivity contribution in [2.45, 2.75) is 12.8 Å². The predicted octanol–water partition coefficient (Wildman–Crippen LogP) is 3.97. The molecule has 2 amide bonds. The summed E-state index contributed by atoms with van der Waals surface area (Å²) in [6.45, 7) is 2.38. The average molecular weight is 489 g/mol. The molecule has 3 aromatic rings. The minimum atomic E-state index is -0.222. The maximum atomic E-state index is 12.9. The first-order valence-electron chi connectivity index (χ1n) is 12.0. The highest BCUT2D eigenvalue weighted by Gasteiger charge is 2.26. The van der Waals surface area contributed by atoms with Crippen molar-refractivity contribution in [3.05, 3.63) is 66.4 Å². The van der Waals surface area contributed by atoms with Crippen LogP contribution < -0.4 is 29.7 Å². The van der Waals surface area contributed by atoms with Crippen molar-refractivity contribution in [1.82, 2.24) is 4.98 Å². The normalized spacial score (nSPS) is 15.2. The first-order valence-corrected chi connectivity index (χ1v) is 12.0. The molecule has 0 spiro atoms. The molecule has 0 radical (unpaired) electrons. The standard InChI is InChI=1S/C27H28N4O5/c1-34-22-4-2-3-20(16-22)29-27(33)19-7-10-28-25(15-19)31-11-8-18(9-12-31)26(32)30-21-5-6-23-24(17-21)36-14-13-35-23/h2-7,10,15-18H,8-9,11-14H2,1H3,(H,29,33)(H,30,32). The van der Waals surface area contributed by atoms with Gasteiger partial charge in [-0.15, -0.1) is 0 Å². The Morgan fingerprint density at radius 1 is 0.944 bits per heavy atom. The molecule has 1 fully saturated rings. The molecule has 0 unspecified atom stereocenters. The molecule has 186 valence electrons. The lowest BCUT2D eigenvalue weighted by Gasteiger charge is -2.32. The average Bonchev–Trinajstić information content (AvgIpc) is 2.93. The van der Waals surface area contributed by atoms with Gasteiger partial charge in [0, 0.05) is 54.3 Å². The number of benzene rings is 2. The van der Waals surface area contributed by atoms with Gasteiger partial charge in [-0.3, -0.25) is 9.59 Å². The minimum absolute atomic E-state index is 0.00861. The van der Waals surface area contributed by atoms with E-state index in [1.807, 2.05) is 30.3 Å². The predicted molar refractivity (Wildman–Crippen MR) is 136 cm³/mol. The Balaban J connectivity index is 1.17. The quantitative estimate of drug-likeness (QED) is 0.541. The van der Waals surface area contributed by atoms with E-state index in [2.05, 4.69) is 20.5 Å². The van der Waals surface area contributed by atoms with Gasteiger partial charge in [0.25, 0.3) is 5.91 Å². The van der Waals surface area contributed by atoms with E-state index in [0.717, 1.165) is 5.82 Å². The van der Waals surface area contributed by atoms with Crippen molar-refractivity contribution in [2.75, 3.05) is 48.9 Å². The number of methoxy groups -OCH3 is 1. The minimum Gasteiger partial charge on any atom is -0.497 e. The Hall–Kier alpha value is -4.27. The van der Waals surface area contributed by atoms with E-state index in [1.54, 1.807) is 37.6 Å². The van der Waals surface area contributed by atoms with Gasteiger partial charge in [-0.2, -0.15) is 0 Å². The summed E-state index contributed by atoms with van der Waals surface area (Å²) >= 11 is 0. The molecular weight excluding hydrogens is 460 g/mol. The number of amides is 2. The summed E-state index contributed by atoms with van der Waals surface area (Å²) in [6, 6.07) is 16.1. The van der Waals surface area contributed by atoms with Crippen LogP contribution in [0.25, 0.3) is 0 Å². The Bertz CT molecular complexity index is 1260. The zero-order chi connectivity index (χ0) is 24.9. The Labute approximate surface area is 209 Å². The molecule has 9 nitrogen and oxygen atoms in total. The van der Waals surface area contributed by atoms with E-state index in [4.69, 9.17) is 14.2 Å². The molecule has 0 bridgehead atoms. The number of aromatic nitrogens is 1. The number of ether oxygens (including phenoxy) is 3. The van der Waals surface area contributed by atoms with Gasteiger partial charge >= 0.3 is 0 Å². The highest BCUT2D eigenvalue weighted by Crippen LogP contribution is 2.33. The van der Waals surface area contributed by atoms with E-state index in [9.17, 15) is 9.59 Å². The zero-order valence-corrected chi connectivity index (χ0v) is 20.0. The number of fused-ring (bicyclic) bond motifs is 1. The number of hydrogen-bond acceptors (Lipinski definition) is 7. The fourth-order valence-corrected chi connectivity index (χ4v) is 4.37. The lowest BCUT2D eigenvalue weighted by molar-refractivity contribution is -0.120.